The zero-order valence-electron chi connectivity index (χ0n) is 15.2. The number of fused-ring (bicyclic) bond motifs is 1. The van der Waals surface area contributed by atoms with Gasteiger partial charge >= 0.3 is 0 Å². The first-order valence-electron chi connectivity index (χ1n) is 9.41. The van der Waals surface area contributed by atoms with Gasteiger partial charge in [-0.1, -0.05) is 12.1 Å². The minimum absolute atomic E-state index is 0.0893. The molecule has 6 nitrogen and oxygen atoms in total. The van der Waals surface area contributed by atoms with Gasteiger partial charge in [0, 0.05) is 24.8 Å². The average Bonchev–Trinajstić information content (AvgIpc) is 2.68. The molecule has 1 fully saturated rings. The molecule has 1 aromatic heterocycles. The second kappa shape index (κ2) is 8.00. The summed E-state index contributed by atoms with van der Waals surface area (Å²) in [4.78, 5) is 23.8. The van der Waals surface area contributed by atoms with Crippen LogP contribution < -0.4 is 10.2 Å². The van der Waals surface area contributed by atoms with Gasteiger partial charge in [0.15, 0.2) is 0 Å². The number of rotatable bonds is 4. The minimum atomic E-state index is -0.327. The number of hydrogen-bond donors (Lipinski definition) is 1. The molecule has 2 heterocycles. The maximum absolute atomic E-state index is 13.3. The van der Waals surface area contributed by atoms with Crippen LogP contribution in [-0.2, 0) is 22.4 Å². The largest absolute Gasteiger partial charge is 0.378 e. The molecule has 27 heavy (non-hydrogen) atoms. The van der Waals surface area contributed by atoms with E-state index in [1.54, 1.807) is 12.1 Å². The van der Waals surface area contributed by atoms with Crippen LogP contribution >= 0.6 is 0 Å². The van der Waals surface area contributed by atoms with E-state index < -0.39 is 0 Å². The van der Waals surface area contributed by atoms with Crippen LogP contribution in [0.25, 0.3) is 0 Å². The molecule has 142 valence electrons. The zero-order valence-corrected chi connectivity index (χ0v) is 15.2. The van der Waals surface area contributed by atoms with Crippen molar-refractivity contribution in [2.24, 2.45) is 0 Å². The van der Waals surface area contributed by atoms with Crippen LogP contribution in [0.4, 0.5) is 10.3 Å². The molecule has 0 bridgehead atoms. The Hall–Kier alpha value is -2.54. The van der Waals surface area contributed by atoms with Gasteiger partial charge in [-0.25, -0.2) is 14.4 Å². The number of ether oxygens (including phenoxy) is 1. The predicted molar refractivity (Wildman–Crippen MR) is 99.0 cm³/mol. The van der Waals surface area contributed by atoms with Gasteiger partial charge in [0.05, 0.1) is 31.4 Å². The molecule has 2 aromatic rings. The van der Waals surface area contributed by atoms with Gasteiger partial charge in [-0.3, -0.25) is 4.79 Å². The maximum atomic E-state index is 13.3. The molecule has 2 aliphatic rings. The highest BCUT2D eigenvalue weighted by Crippen LogP contribution is 2.29. The van der Waals surface area contributed by atoms with Gasteiger partial charge in [-0.05, 0) is 37.0 Å². The predicted octanol–water partition coefficient (Wildman–Crippen LogP) is 2.19. The number of aryl methyl sites for hydroxylation is 1. The summed E-state index contributed by atoms with van der Waals surface area (Å²) in [6.07, 6.45) is 4.74. The smallest absolute Gasteiger partial charge is 0.225 e. The Kier molecular flexibility index (Phi) is 5.29. The van der Waals surface area contributed by atoms with Crippen LogP contribution in [0.2, 0.25) is 0 Å². The molecule has 1 unspecified atom stereocenters. The number of benzene rings is 1. The molecule has 1 N–H and O–H groups in total. The molecular weight excluding hydrogens is 347 g/mol. The van der Waals surface area contributed by atoms with E-state index in [1.165, 1.54) is 12.1 Å². The summed E-state index contributed by atoms with van der Waals surface area (Å²) in [6.45, 7) is 2.98. The number of amides is 1. The monoisotopic (exact) mass is 370 g/mol. The highest BCUT2D eigenvalue weighted by atomic mass is 19.1. The summed E-state index contributed by atoms with van der Waals surface area (Å²) in [5.74, 6) is 0.298. The third kappa shape index (κ3) is 4.24. The summed E-state index contributed by atoms with van der Waals surface area (Å²) < 4.78 is 18.7. The van der Waals surface area contributed by atoms with E-state index in [0.717, 1.165) is 49.6 Å². The fourth-order valence-corrected chi connectivity index (χ4v) is 3.68. The second-order valence-electron chi connectivity index (χ2n) is 6.99. The number of carbonyl (C=O) groups is 1. The van der Waals surface area contributed by atoms with E-state index in [1.807, 2.05) is 6.20 Å². The van der Waals surface area contributed by atoms with E-state index in [4.69, 9.17) is 9.72 Å². The molecule has 1 aliphatic heterocycles. The average molecular weight is 370 g/mol. The number of morpholine rings is 1. The van der Waals surface area contributed by atoms with Crippen molar-refractivity contribution in [1.82, 2.24) is 15.3 Å². The van der Waals surface area contributed by atoms with Gasteiger partial charge in [0.1, 0.15) is 5.82 Å². The molecule has 0 radical (unpaired) electrons. The Morgan fingerprint density at radius 3 is 3.00 bits per heavy atom. The summed E-state index contributed by atoms with van der Waals surface area (Å²) >= 11 is 0. The van der Waals surface area contributed by atoms with Crippen molar-refractivity contribution in [3.8, 4) is 0 Å². The van der Waals surface area contributed by atoms with Gasteiger partial charge in [-0.15, -0.1) is 0 Å². The van der Waals surface area contributed by atoms with Gasteiger partial charge < -0.3 is 15.0 Å². The number of anilines is 1. The lowest BCUT2D eigenvalue weighted by Crippen LogP contribution is -2.38. The number of halogens is 1. The quantitative estimate of drug-likeness (QED) is 0.894. The fourth-order valence-electron chi connectivity index (χ4n) is 3.68. The first-order valence-corrected chi connectivity index (χ1v) is 9.41. The highest BCUT2D eigenvalue weighted by Gasteiger charge is 2.25. The van der Waals surface area contributed by atoms with Crippen molar-refractivity contribution in [2.75, 3.05) is 31.2 Å². The van der Waals surface area contributed by atoms with E-state index >= 15 is 0 Å². The summed E-state index contributed by atoms with van der Waals surface area (Å²) in [5.41, 5.74) is 2.67. The Morgan fingerprint density at radius 1 is 1.33 bits per heavy atom. The van der Waals surface area contributed by atoms with Gasteiger partial charge in [-0.2, -0.15) is 0 Å². The molecule has 1 saturated heterocycles. The van der Waals surface area contributed by atoms with Crippen molar-refractivity contribution in [1.29, 1.82) is 0 Å². The van der Waals surface area contributed by atoms with Crippen molar-refractivity contribution in [3.05, 3.63) is 53.1 Å². The number of carbonyl (C=O) groups excluding carboxylic acids is 1. The second-order valence-corrected chi connectivity index (χ2v) is 6.99. The van der Waals surface area contributed by atoms with E-state index in [2.05, 4.69) is 15.2 Å². The van der Waals surface area contributed by atoms with Crippen molar-refractivity contribution < 1.29 is 13.9 Å². The Morgan fingerprint density at radius 2 is 2.19 bits per heavy atom. The van der Waals surface area contributed by atoms with E-state index in [-0.39, 0.29) is 24.2 Å². The van der Waals surface area contributed by atoms with Crippen LogP contribution in [0.15, 0.2) is 30.5 Å². The number of nitrogens with zero attached hydrogens (tertiary/aromatic N) is 3. The van der Waals surface area contributed by atoms with Crippen LogP contribution in [0.3, 0.4) is 0 Å². The molecule has 1 aliphatic carbocycles. The third-order valence-electron chi connectivity index (χ3n) is 5.05. The normalized spacial score (nSPS) is 19.4. The maximum Gasteiger partial charge on any atom is 0.225 e. The number of nitrogens with one attached hydrogen (secondary N) is 1. The number of aromatic nitrogens is 2. The lowest BCUT2D eigenvalue weighted by atomic mass is 9.92. The first kappa shape index (κ1) is 17.9. The number of hydrogen-bond acceptors (Lipinski definition) is 5. The standard InChI is InChI=1S/C20H23FN4O2/c21-15-4-1-3-14(11-15)12-19(26)23-17-5-2-6-18-16(17)13-22-20(24-18)25-7-9-27-10-8-25/h1,3-4,11,13,17H,2,5-10,12H2,(H,23,26). The summed E-state index contributed by atoms with van der Waals surface area (Å²) in [7, 11) is 0. The topological polar surface area (TPSA) is 67.4 Å². The van der Waals surface area contributed by atoms with Crippen molar-refractivity contribution >= 4 is 11.9 Å². The van der Waals surface area contributed by atoms with Crippen LogP contribution in [0.5, 0.6) is 0 Å². The SMILES string of the molecule is O=C(Cc1cccc(F)c1)NC1CCCc2nc(N3CCOCC3)ncc21. The van der Waals surface area contributed by atoms with Crippen LogP contribution in [0.1, 0.15) is 35.7 Å². The summed E-state index contributed by atoms with van der Waals surface area (Å²) in [6, 6.07) is 6.06. The summed E-state index contributed by atoms with van der Waals surface area (Å²) in [5, 5.41) is 3.07. The Bertz CT molecular complexity index is 823. The molecule has 1 aromatic carbocycles. The molecule has 0 saturated carbocycles. The van der Waals surface area contributed by atoms with Crippen LogP contribution in [-0.4, -0.2) is 42.2 Å². The molecule has 1 atom stereocenters. The first-order chi connectivity index (χ1) is 13.2. The fraction of sp³-hybridized carbons (Fsp3) is 0.450. The zero-order chi connectivity index (χ0) is 18.6. The van der Waals surface area contributed by atoms with Gasteiger partial charge in [0.2, 0.25) is 11.9 Å². The van der Waals surface area contributed by atoms with E-state index in [9.17, 15) is 9.18 Å². The molecule has 4 rings (SSSR count). The van der Waals surface area contributed by atoms with E-state index in [0.29, 0.717) is 18.8 Å². The Balaban J connectivity index is 1.45. The highest BCUT2D eigenvalue weighted by molar-refractivity contribution is 5.79. The lowest BCUT2D eigenvalue weighted by molar-refractivity contribution is -0.121. The molecule has 0 spiro atoms. The third-order valence-corrected chi connectivity index (χ3v) is 5.05. The van der Waals surface area contributed by atoms with Crippen molar-refractivity contribution in [3.63, 3.8) is 0 Å². The Labute approximate surface area is 157 Å². The van der Waals surface area contributed by atoms with Gasteiger partial charge in [0.25, 0.3) is 0 Å². The van der Waals surface area contributed by atoms with Crippen LogP contribution in [0, 0.1) is 5.82 Å². The van der Waals surface area contributed by atoms with Crippen molar-refractivity contribution in [2.45, 2.75) is 31.7 Å². The molecule has 1 amide bonds. The lowest BCUT2D eigenvalue weighted by Gasteiger charge is -2.29. The minimum Gasteiger partial charge on any atom is -0.378 e. The molecular formula is C20H23FN4O2. The molecule has 7 heteroatoms.